The van der Waals surface area contributed by atoms with E-state index in [1.54, 1.807) is 25.7 Å². The van der Waals surface area contributed by atoms with Gasteiger partial charge in [-0.1, -0.05) is 115 Å². The Kier molecular flexibility index (Phi) is 11.5. The molecule has 8 aliphatic rings. The highest BCUT2D eigenvalue weighted by molar-refractivity contribution is 5.28. The van der Waals surface area contributed by atoms with Gasteiger partial charge in [0.1, 0.15) is 0 Å². The highest BCUT2D eigenvalue weighted by Gasteiger charge is 2.61. The van der Waals surface area contributed by atoms with Gasteiger partial charge in [0.05, 0.1) is 0 Å². The van der Waals surface area contributed by atoms with Gasteiger partial charge in [-0.3, -0.25) is 0 Å². The van der Waals surface area contributed by atoms with Crippen molar-refractivity contribution in [3.05, 3.63) is 47.6 Å². The fourth-order valence-corrected chi connectivity index (χ4v) is 18.2. The van der Waals surface area contributed by atoms with E-state index in [1.807, 2.05) is 0 Å². The van der Waals surface area contributed by atoms with Crippen molar-refractivity contribution in [2.75, 3.05) is 0 Å². The summed E-state index contributed by atoms with van der Waals surface area (Å²) in [7, 11) is 0. The lowest BCUT2D eigenvalue weighted by atomic mass is 9.44. The maximum atomic E-state index is 2.75. The van der Waals surface area contributed by atoms with Crippen LogP contribution in [0.2, 0.25) is 0 Å². The Morgan fingerprint density at radius 3 is 1.30 bits per heavy atom. The van der Waals surface area contributed by atoms with Crippen LogP contribution >= 0.6 is 0 Å². The SMILES string of the molecule is CC(C=CC[C@@H](C)[C@H]1CC[C@H]2[C@@H]3CCC4CCCC[C@]4(C)[C@H]3CC[C@]12C)=CC=C(C)C=CC[C@@H](C)[C@H]1CC[C@H]2[C@@H]3CCC4CCCC[C@]4(C)[C@H]3CC[C@]12C. The Morgan fingerprint density at radius 1 is 0.463 bits per heavy atom. The minimum atomic E-state index is 0.587. The first kappa shape index (κ1) is 39.8. The normalized spacial score (nSPS) is 49.1. The van der Waals surface area contributed by atoms with Crippen LogP contribution in [0.3, 0.4) is 0 Å². The van der Waals surface area contributed by atoms with Gasteiger partial charge >= 0.3 is 0 Å². The fourth-order valence-electron chi connectivity index (χ4n) is 18.2. The van der Waals surface area contributed by atoms with Crippen LogP contribution in [0.4, 0.5) is 0 Å². The van der Waals surface area contributed by atoms with Gasteiger partial charge in [0.2, 0.25) is 0 Å². The van der Waals surface area contributed by atoms with Crippen molar-refractivity contribution in [3.63, 3.8) is 0 Å². The topological polar surface area (TPSA) is 0 Å². The van der Waals surface area contributed by atoms with Crippen molar-refractivity contribution >= 4 is 0 Å². The lowest BCUT2D eigenvalue weighted by molar-refractivity contribution is -0.114. The Bertz CT molecular complexity index is 1330. The maximum Gasteiger partial charge on any atom is -0.0264 e. The first-order chi connectivity index (χ1) is 25.9. The Labute approximate surface area is 335 Å². The quantitative estimate of drug-likeness (QED) is 0.207. The van der Waals surface area contributed by atoms with E-state index in [1.165, 1.54) is 127 Å². The van der Waals surface area contributed by atoms with Crippen LogP contribution in [0.25, 0.3) is 0 Å². The predicted octanol–water partition coefficient (Wildman–Crippen LogP) is 16.1. The third kappa shape index (κ3) is 6.88. The van der Waals surface area contributed by atoms with Crippen LogP contribution in [0.1, 0.15) is 197 Å². The van der Waals surface area contributed by atoms with Crippen LogP contribution in [-0.2, 0) is 0 Å². The van der Waals surface area contributed by atoms with E-state index >= 15 is 0 Å². The summed E-state index contributed by atoms with van der Waals surface area (Å²) in [6, 6.07) is 0. The molecule has 0 nitrogen and oxygen atoms in total. The van der Waals surface area contributed by atoms with Crippen LogP contribution < -0.4 is 0 Å². The van der Waals surface area contributed by atoms with Crippen LogP contribution in [-0.4, -0.2) is 0 Å². The van der Waals surface area contributed by atoms with Crippen molar-refractivity contribution in [3.8, 4) is 0 Å². The molecule has 0 bridgehead atoms. The molecule has 0 aromatic carbocycles. The molecular weight excluding hydrogens is 649 g/mol. The second-order valence-corrected chi connectivity index (χ2v) is 23.3. The average Bonchev–Trinajstić information content (AvgIpc) is 3.70. The molecule has 0 aromatic heterocycles. The van der Waals surface area contributed by atoms with E-state index in [4.69, 9.17) is 0 Å². The zero-order valence-electron chi connectivity index (χ0n) is 36.9. The summed E-state index contributed by atoms with van der Waals surface area (Å²) in [6.45, 7) is 20.8. The van der Waals surface area contributed by atoms with Gasteiger partial charge in [-0.2, -0.15) is 0 Å². The smallest absolute Gasteiger partial charge is 0.0264 e. The summed E-state index contributed by atoms with van der Waals surface area (Å²) in [4.78, 5) is 0. The molecule has 0 saturated heterocycles. The van der Waals surface area contributed by atoms with Crippen molar-refractivity contribution in [2.45, 2.75) is 197 Å². The molecule has 54 heavy (non-hydrogen) atoms. The number of rotatable bonds is 9. The Balaban J connectivity index is 0.809. The molecule has 8 saturated carbocycles. The molecule has 0 spiro atoms. The molecule has 2 unspecified atom stereocenters. The second kappa shape index (κ2) is 15.6. The Morgan fingerprint density at radius 2 is 0.870 bits per heavy atom. The molecule has 16 atom stereocenters. The van der Waals surface area contributed by atoms with Gasteiger partial charge in [0, 0.05) is 0 Å². The summed E-state index contributed by atoms with van der Waals surface area (Å²) in [6.07, 6.45) is 47.6. The van der Waals surface area contributed by atoms with Crippen LogP contribution in [0.5, 0.6) is 0 Å². The van der Waals surface area contributed by atoms with Gasteiger partial charge in [0.25, 0.3) is 0 Å². The zero-order valence-corrected chi connectivity index (χ0v) is 36.9. The predicted molar refractivity (Wildman–Crippen MR) is 233 cm³/mol. The highest BCUT2D eigenvalue weighted by atomic mass is 14.7. The van der Waals surface area contributed by atoms with E-state index in [-0.39, 0.29) is 0 Å². The molecule has 302 valence electrons. The van der Waals surface area contributed by atoms with Crippen molar-refractivity contribution in [1.82, 2.24) is 0 Å². The van der Waals surface area contributed by atoms with Gasteiger partial charge < -0.3 is 0 Å². The van der Waals surface area contributed by atoms with E-state index in [2.05, 4.69) is 91.8 Å². The number of hydrogen-bond acceptors (Lipinski definition) is 0. The number of hydrogen-bond donors (Lipinski definition) is 0. The summed E-state index contributed by atoms with van der Waals surface area (Å²) < 4.78 is 0. The van der Waals surface area contributed by atoms with Gasteiger partial charge in [-0.25, -0.2) is 0 Å². The molecule has 0 heterocycles. The summed E-state index contributed by atoms with van der Waals surface area (Å²) >= 11 is 0. The largest absolute Gasteiger partial charge is 0.0840 e. The summed E-state index contributed by atoms with van der Waals surface area (Å²) in [5.41, 5.74) is 5.31. The first-order valence-electron chi connectivity index (χ1n) is 24.6. The minimum Gasteiger partial charge on any atom is -0.0840 e. The second-order valence-electron chi connectivity index (χ2n) is 23.3. The average molecular weight is 735 g/mol. The lowest BCUT2D eigenvalue weighted by Gasteiger charge is -2.61. The summed E-state index contributed by atoms with van der Waals surface area (Å²) in [5, 5.41) is 0. The fraction of sp³-hybridized carbons (Fsp3) is 0.852. The van der Waals surface area contributed by atoms with E-state index in [0.717, 1.165) is 71.0 Å². The maximum absolute atomic E-state index is 2.75. The third-order valence-corrected chi connectivity index (χ3v) is 21.1. The van der Waals surface area contributed by atoms with Gasteiger partial charge in [0.15, 0.2) is 0 Å². The van der Waals surface area contributed by atoms with Crippen molar-refractivity contribution in [1.29, 1.82) is 0 Å². The lowest BCUT2D eigenvalue weighted by Crippen LogP contribution is -2.53. The van der Waals surface area contributed by atoms with E-state index < -0.39 is 0 Å². The van der Waals surface area contributed by atoms with E-state index in [9.17, 15) is 0 Å². The molecule has 0 heteroatoms. The van der Waals surface area contributed by atoms with Crippen LogP contribution in [0.15, 0.2) is 47.6 Å². The third-order valence-electron chi connectivity index (χ3n) is 21.1. The molecule has 8 fully saturated rings. The highest BCUT2D eigenvalue weighted by Crippen LogP contribution is 2.70. The molecular formula is C54H86. The molecule has 8 rings (SSSR count). The van der Waals surface area contributed by atoms with Crippen LogP contribution in [0, 0.1) is 92.7 Å². The van der Waals surface area contributed by atoms with Gasteiger partial charge in [-0.05, 0) is 222 Å². The van der Waals surface area contributed by atoms with Crippen molar-refractivity contribution < 1.29 is 0 Å². The van der Waals surface area contributed by atoms with Crippen molar-refractivity contribution in [2.24, 2.45) is 92.7 Å². The molecule has 8 aliphatic carbocycles. The molecule has 0 N–H and O–H groups in total. The molecule has 0 aromatic rings. The van der Waals surface area contributed by atoms with Gasteiger partial charge in [-0.15, -0.1) is 0 Å². The molecule has 0 radical (unpaired) electrons. The number of fused-ring (bicyclic) bond motifs is 10. The Hall–Kier alpha value is -1.04. The zero-order chi connectivity index (χ0) is 37.9. The molecule has 0 aliphatic heterocycles. The van der Waals surface area contributed by atoms with E-state index in [0.29, 0.717) is 21.7 Å². The first-order valence-corrected chi connectivity index (χ1v) is 24.6. The monoisotopic (exact) mass is 735 g/mol. The number of allylic oxidation sites excluding steroid dienone is 8. The molecule has 0 amide bonds. The standard InChI is InChI=1S/C54H86/c1-37(15-13-17-39(3)45-27-29-47-43-25-23-41-19-9-11-33-51(41,5)49(43)31-35-53(45,47)7)21-22-38(2)16-14-18-40(4)46-28-30-48-44-26-24-42-20-10-12-34-52(42,6)50(44)32-36-54(46,48)8/h13-16,21-22,39-50H,9-12,17-20,23-36H2,1-8H3/t39-,40-,41?,42?,43+,44+,45-,46-,47+,48+,49+,50+,51+,52+,53-,54-/m1/s1. The minimum absolute atomic E-state index is 0.587. The summed E-state index contributed by atoms with van der Waals surface area (Å²) in [5.74, 6) is 11.6.